The molecule has 37 heavy (non-hydrogen) atoms. The molecule has 3 rings (SSSR count). The van der Waals surface area contributed by atoms with Crippen molar-refractivity contribution >= 4 is 5.57 Å². The maximum Gasteiger partial charge on any atom is 0.106 e. The Morgan fingerprint density at radius 2 is 1.89 bits per heavy atom. The molecule has 0 bridgehead atoms. The molecule has 2 aromatic rings. The number of aryl methyl sites for hydroxylation is 2. The van der Waals surface area contributed by atoms with Crippen molar-refractivity contribution in [1.82, 2.24) is 20.0 Å². The minimum absolute atomic E-state index is 0.0803. The Bertz CT molecular complexity index is 1070. The van der Waals surface area contributed by atoms with Gasteiger partial charge in [-0.15, -0.1) is 0 Å². The van der Waals surface area contributed by atoms with E-state index in [1.54, 1.807) is 0 Å². The fourth-order valence-corrected chi connectivity index (χ4v) is 4.56. The minimum Gasteiger partial charge on any atom is -0.378 e. The van der Waals surface area contributed by atoms with Crippen LogP contribution in [0.4, 0.5) is 0 Å². The number of rotatable bonds is 13. The first-order valence-electron chi connectivity index (χ1n) is 14.0. The monoisotopic (exact) mass is 502 g/mol. The van der Waals surface area contributed by atoms with Gasteiger partial charge in [-0.25, -0.2) is 0 Å². The molecule has 0 saturated carbocycles. The predicted molar refractivity (Wildman–Crippen MR) is 162 cm³/mol. The summed E-state index contributed by atoms with van der Waals surface area (Å²) in [6.07, 6.45) is 14.1. The Balaban J connectivity index is 0.00000235. The van der Waals surface area contributed by atoms with Crippen molar-refractivity contribution in [2.75, 3.05) is 20.1 Å². The van der Waals surface area contributed by atoms with E-state index in [4.69, 9.17) is 0 Å². The second kappa shape index (κ2) is 15.4. The number of allylic oxidation sites excluding steroid dienone is 5. The molecule has 4 heteroatoms. The van der Waals surface area contributed by atoms with Gasteiger partial charge in [-0.05, 0) is 81.2 Å². The van der Waals surface area contributed by atoms with E-state index in [2.05, 4.69) is 110 Å². The zero-order valence-corrected chi connectivity index (χ0v) is 24.5. The maximum atomic E-state index is 4.68. The Labute approximate surface area is 226 Å². The topological polar surface area (TPSA) is 33.1 Å². The van der Waals surface area contributed by atoms with Crippen LogP contribution >= 0.6 is 0 Å². The van der Waals surface area contributed by atoms with Gasteiger partial charge in [0.05, 0.1) is 6.20 Å². The number of benzene rings is 1. The van der Waals surface area contributed by atoms with E-state index in [0.29, 0.717) is 5.92 Å². The minimum atomic E-state index is 0.0803. The van der Waals surface area contributed by atoms with Gasteiger partial charge in [-0.2, -0.15) is 5.10 Å². The molecule has 0 radical (unpaired) electrons. The molecular formula is C33H50N4. The Kier molecular flexibility index (Phi) is 12.7. The first-order chi connectivity index (χ1) is 17.8. The predicted octanol–water partition coefficient (Wildman–Crippen LogP) is 8.16. The Morgan fingerprint density at radius 1 is 1.16 bits per heavy atom. The standard InChI is InChI=1S/C31H44N4.C2H6/c1-23-13-16-29(17-14-23)18-15-27(5)34(7)20-10-19-32-31(35-28(6)26(4)22-33-35)21-25(3)30-12-9-8-11-24(30)2;1-2/h8-9,11-13,16-17,22-23,31-32H,3,5,10,14-15,18-21H2,1-2,4,6-7H3;1-2H3. The number of hydrogen-bond acceptors (Lipinski definition) is 3. The van der Waals surface area contributed by atoms with Crippen LogP contribution in [0, 0.1) is 26.7 Å². The van der Waals surface area contributed by atoms with Gasteiger partial charge in [0.1, 0.15) is 6.17 Å². The van der Waals surface area contributed by atoms with Gasteiger partial charge in [0, 0.05) is 31.4 Å². The molecule has 1 aliphatic rings. The van der Waals surface area contributed by atoms with E-state index < -0.39 is 0 Å². The molecule has 0 saturated heterocycles. The van der Waals surface area contributed by atoms with Crippen LogP contribution in [0.1, 0.15) is 81.4 Å². The van der Waals surface area contributed by atoms with E-state index in [1.807, 2.05) is 20.0 Å². The highest BCUT2D eigenvalue weighted by molar-refractivity contribution is 5.66. The normalized spacial score (nSPS) is 15.4. The lowest BCUT2D eigenvalue weighted by Crippen LogP contribution is -2.31. The average Bonchev–Trinajstić information content (AvgIpc) is 3.24. The molecule has 0 aliphatic heterocycles. The number of nitrogens with zero attached hydrogens (tertiary/aromatic N) is 3. The van der Waals surface area contributed by atoms with Gasteiger partial charge in [-0.3, -0.25) is 10.00 Å². The van der Waals surface area contributed by atoms with Crippen LogP contribution in [-0.2, 0) is 0 Å². The molecule has 202 valence electrons. The van der Waals surface area contributed by atoms with Crippen molar-refractivity contribution in [3.63, 3.8) is 0 Å². The van der Waals surface area contributed by atoms with Crippen molar-refractivity contribution in [2.45, 2.75) is 79.8 Å². The lowest BCUT2D eigenvalue weighted by atomic mass is 9.96. The van der Waals surface area contributed by atoms with Crippen molar-refractivity contribution < 1.29 is 0 Å². The smallest absolute Gasteiger partial charge is 0.106 e. The third kappa shape index (κ3) is 9.19. The fraction of sp³-hybridized carbons (Fsp3) is 0.485. The molecule has 1 heterocycles. The zero-order chi connectivity index (χ0) is 27.4. The fourth-order valence-electron chi connectivity index (χ4n) is 4.56. The number of hydrogen-bond donors (Lipinski definition) is 1. The highest BCUT2D eigenvalue weighted by Gasteiger charge is 2.17. The molecule has 1 N–H and O–H groups in total. The largest absolute Gasteiger partial charge is 0.378 e. The van der Waals surface area contributed by atoms with Crippen LogP contribution < -0.4 is 5.32 Å². The molecular weight excluding hydrogens is 452 g/mol. The third-order valence-electron chi connectivity index (χ3n) is 7.23. The quantitative estimate of drug-likeness (QED) is 0.280. The first kappa shape index (κ1) is 30.4. The van der Waals surface area contributed by atoms with Gasteiger partial charge in [0.15, 0.2) is 0 Å². The molecule has 1 aromatic heterocycles. The third-order valence-corrected chi connectivity index (χ3v) is 7.23. The zero-order valence-electron chi connectivity index (χ0n) is 24.5. The van der Waals surface area contributed by atoms with Crippen LogP contribution in [0.15, 0.2) is 73.1 Å². The number of aromatic nitrogens is 2. The summed E-state index contributed by atoms with van der Waals surface area (Å²) in [6.45, 7) is 23.3. The lowest BCUT2D eigenvalue weighted by Gasteiger charge is -2.25. The summed E-state index contributed by atoms with van der Waals surface area (Å²) < 4.78 is 2.12. The SMILES string of the molecule is C=C(CC(NCCCN(C)C(=C)CCC1=CCC(C)C=C1)n1ncc(C)c1C)c1ccccc1C.CC. The van der Waals surface area contributed by atoms with E-state index in [-0.39, 0.29) is 6.17 Å². The summed E-state index contributed by atoms with van der Waals surface area (Å²) in [7, 11) is 2.16. The maximum absolute atomic E-state index is 4.68. The summed E-state index contributed by atoms with van der Waals surface area (Å²) in [5.74, 6) is 0.671. The van der Waals surface area contributed by atoms with Gasteiger partial charge in [0.25, 0.3) is 0 Å². The van der Waals surface area contributed by atoms with E-state index in [1.165, 1.54) is 33.7 Å². The second-order valence-electron chi connectivity index (χ2n) is 10.1. The Morgan fingerprint density at radius 3 is 2.51 bits per heavy atom. The first-order valence-corrected chi connectivity index (χ1v) is 14.0. The number of nitrogens with one attached hydrogen (secondary N) is 1. The molecule has 1 aliphatic carbocycles. The summed E-state index contributed by atoms with van der Waals surface area (Å²) >= 11 is 0. The van der Waals surface area contributed by atoms with Gasteiger partial charge >= 0.3 is 0 Å². The summed E-state index contributed by atoms with van der Waals surface area (Å²) in [4.78, 5) is 2.31. The highest BCUT2D eigenvalue weighted by Crippen LogP contribution is 2.26. The lowest BCUT2D eigenvalue weighted by molar-refractivity contribution is 0.343. The second-order valence-corrected chi connectivity index (χ2v) is 10.1. The average molecular weight is 503 g/mol. The summed E-state index contributed by atoms with van der Waals surface area (Å²) in [6, 6.07) is 8.48. The van der Waals surface area contributed by atoms with Crippen LogP contribution in [0.3, 0.4) is 0 Å². The van der Waals surface area contributed by atoms with Crippen molar-refractivity contribution in [3.8, 4) is 0 Å². The van der Waals surface area contributed by atoms with Gasteiger partial charge < -0.3 is 4.90 Å². The van der Waals surface area contributed by atoms with Crippen LogP contribution in [0.5, 0.6) is 0 Å². The van der Waals surface area contributed by atoms with Crippen LogP contribution in [-0.4, -0.2) is 34.8 Å². The molecule has 0 fully saturated rings. The van der Waals surface area contributed by atoms with Gasteiger partial charge in [0.2, 0.25) is 0 Å². The van der Waals surface area contributed by atoms with E-state index in [0.717, 1.165) is 50.8 Å². The summed E-state index contributed by atoms with van der Waals surface area (Å²) in [5.41, 5.74) is 8.70. The molecule has 0 amide bonds. The van der Waals surface area contributed by atoms with Crippen molar-refractivity contribution in [3.05, 3.63) is 95.5 Å². The molecule has 2 atom stereocenters. The highest BCUT2D eigenvalue weighted by atomic mass is 15.4. The summed E-state index contributed by atoms with van der Waals surface area (Å²) in [5, 5.41) is 8.44. The Hall–Kier alpha value is -2.85. The van der Waals surface area contributed by atoms with E-state index in [9.17, 15) is 0 Å². The van der Waals surface area contributed by atoms with Gasteiger partial charge in [-0.1, -0.05) is 82.0 Å². The van der Waals surface area contributed by atoms with Crippen molar-refractivity contribution in [2.24, 2.45) is 5.92 Å². The van der Waals surface area contributed by atoms with Crippen molar-refractivity contribution in [1.29, 1.82) is 0 Å². The van der Waals surface area contributed by atoms with E-state index >= 15 is 0 Å². The molecule has 4 nitrogen and oxygen atoms in total. The molecule has 1 aromatic carbocycles. The molecule has 2 unspecified atom stereocenters. The molecule has 0 spiro atoms. The van der Waals surface area contributed by atoms with Crippen LogP contribution in [0.2, 0.25) is 0 Å². The van der Waals surface area contributed by atoms with Crippen LogP contribution in [0.25, 0.3) is 5.57 Å².